The van der Waals surface area contributed by atoms with Gasteiger partial charge in [-0.2, -0.15) is 0 Å². The van der Waals surface area contributed by atoms with Crippen LogP contribution >= 0.6 is 0 Å². The number of rotatable bonds is 4. The molecule has 0 bridgehead atoms. The molecule has 0 N–H and O–H groups in total. The highest BCUT2D eigenvalue weighted by Crippen LogP contribution is 2.24. The largest absolute Gasteiger partial charge is 0.444 e. The molecule has 0 aliphatic rings. The third-order valence-electron chi connectivity index (χ3n) is 2.94. The Hall–Kier alpha value is -2.03. The minimum atomic E-state index is -0.276. The van der Waals surface area contributed by atoms with Crippen molar-refractivity contribution >= 4 is 6.47 Å². The lowest BCUT2D eigenvalue weighted by Crippen LogP contribution is -2.05. The molecule has 2 rings (SSSR count). The highest BCUT2D eigenvalue weighted by atomic mass is 16.5. The molecule has 1 heterocycles. The molecule has 18 heavy (non-hydrogen) atoms. The van der Waals surface area contributed by atoms with Crippen LogP contribution in [0.25, 0.3) is 11.1 Å². The first-order valence-electron chi connectivity index (χ1n) is 5.95. The highest BCUT2D eigenvalue weighted by Gasteiger charge is 2.06. The molecule has 0 amide bonds. The summed E-state index contributed by atoms with van der Waals surface area (Å²) in [6, 6.07) is 8.48. The van der Waals surface area contributed by atoms with Gasteiger partial charge in [0.25, 0.3) is 6.47 Å². The number of benzene rings is 1. The maximum Gasteiger partial charge on any atom is 0.295 e. The average Bonchev–Trinajstić information content (AvgIpc) is 2.77. The van der Waals surface area contributed by atoms with Gasteiger partial charge in [-0.15, -0.1) is 0 Å². The molecule has 1 atom stereocenters. The fraction of sp³-hybridized carbons (Fsp3) is 0.267. The van der Waals surface area contributed by atoms with Crippen LogP contribution in [0.3, 0.4) is 0 Å². The molecule has 1 aromatic heterocycles. The van der Waals surface area contributed by atoms with Gasteiger partial charge >= 0.3 is 0 Å². The van der Waals surface area contributed by atoms with Crippen molar-refractivity contribution in [2.75, 3.05) is 0 Å². The molecule has 0 fully saturated rings. The van der Waals surface area contributed by atoms with Crippen molar-refractivity contribution in [2.24, 2.45) is 0 Å². The van der Waals surface area contributed by atoms with Crippen LogP contribution < -0.4 is 0 Å². The van der Waals surface area contributed by atoms with Crippen LogP contribution in [0.4, 0.5) is 0 Å². The summed E-state index contributed by atoms with van der Waals surface area (Å²) in [6.07, 6.45) is 3.63. The minimum Gasteiger partial charge on any atom is -0.444 e. The molecule has 0 saturated carbocycles. The molecule has 0 spiro atoms. The number of ether oxygens (including phenoxy) is 1. The third-order valence-corrected chi connectivity index (χ3v) is 2.94. The molecule has 3 heteroatoms. The van der Waals surface area contributed by atoms with E-state index in [2.05, 4.69) is 32.0 Å². The molecule has 1 unspecified atom stereocenters. The van der Waals surface area contributed by atoms with Gasteiger partial charge in [-0.05, 0) is 38.0 Å². The second-order valence-corrected chi connectivity index (χ2v) is 4.56. The van der Waals surface area contributed by atoms with Crippen LogP contribution in [0.5, 0.6) is 0 Å². The van der Waals surface area contributed by atoms with E-state index < -0.39 is 0 Å². The zero-order chi connectivity index (χ0) is 13.1. The Labute approximate surface area is 107 Å². The number of carbonyl (C=O) groups is 1. The lowest BCUT2D eigenvalue weighted by Gasteiger charge is -2.10. The SMILES string of the molecule is Cc1cc(C)cc(-c2ccn(C(C)OC=O)c2)c1. The molecule has 0 aliphatic heterocycles. The summed E-state index contributed by atoms with van der Waals surface area (Å²) in [6.45, 7) is 6.48. The summed E-state index contributed by atoms with van der Waals surface area (Å²) >= 11 is 0. The number of hydrogen-bond donors (Lipinski definition) is 0. The topological polar surface area (TPSA) is 31.2 Å². The minimum absolute atomic E-state index is 0.276. The Kier molecular flexibility index (Phi) is 3.51. The molecule has 0 saturated heterocycles. The van der Waals surface area contributed by atoms with Crippen LogP contribution in [0.2, 0.25) is 0 Å². The van der Waals surface area contributed by atoms with Crippen molar-refractivity contribution in [3.8, 4) is 11.1 Å². The summed E-state index contributed by atoms with van der Waals surface area (Å²) in [4.78, 5) is 10.3. The van der Waals surface area contributed by atoms with Crippen molar-refractivity contribution in [3.63, 3.8) is 0 Å². The van der Waals surface area contributed by atoms with Gasteiger partial charge < -0.3 is 9.30 Å². The van der Waals surface area contributed by atoms with E-state index in [4.69, 9.17) is 4.74 Å². The fourth-order valence-electron chi connectivity index (χ4n) is 2.10. The van der Waals surface area contributed by atoms with Crippen molar-refractivity contribution in [1.29, 1.82) is 0 Å². The first kappa shape index (κ1) is 12.4. The quantitative estimate of drug-likeness (QED) is 0.770. The van der Waals surface area contributed by atoms with Crippen molar-refractivity contribution in [3.05, 3.63) is 47.8 Å². The monoisotopic (exact) mass is 243 g/mol. The van der Waals surface area contributed by atoms with Crippen LogP contribution in [0.1, 0.15) is 24.3 Å². The summed E-state index contributed by atoms with van der Waals surface area (Å²) < 4.78 is 6.78. The van der Waals surface area contributed by atoms with E-state index in [0.29, 0.717) is 6.47 Å². The van der Waals surface area contributed by atoms with Crippen LogP contribution in [0, 0.1) is 13.8 Å². The molecular weight excluding hydrogens is 226 g/mol. The number of hydrogen-bond acceptors (Lipinski definition) is 2. The van der Waals surface area contributed by atoms with E-state index in [-0.39, 0.29) is 6.23 Å². The Balaban J connectivity index is 2.31. The van der Waals surface area contributed by atoms with Gasteiger partial charge in [-0.25, -0.2) is 0 Å². The van der Waals surface area contributed by atoms with E-state index in [1.165, 1.54) is 16.7 Å². The van der Waals surface area contributed by atoms with E-state index in [1.54, 1.807) is 0 Å². The van der Waals surface area contributed by atoms with Crippen LogP contribution in [0.15, 0.2) is 36.7 Å². The summed E-state index contributed by atoms with van der Waals surface area (Å²) in [7, 11) is 0. The second kappa shape index (κ2) is 5.08. The fourth-order valence-corrected chi connectivity index (χ4v) is 2.10. The number of carbonyl (C=O) groups excluding carboxylic acids is 1. The van der Waals surface area contributed by atoms with Crippen molar-refractivity contribution in [2.45, 2.75) is 27.0 Å². The Morgan fingerprint density at radius 2 is 1.83 bits per heavy atom. The maximum absolute atomic E-state index is 10.3. The average molecular weight is 243 g/mol. The van der Waals surface area contributed by atoms with E-state index in [9.17, 15) is 4.79 Å². The predicted octanol–water partition coefficient (Wildman–Crippen LogP) is 3.46. The molecule has 0 aliphatic carbocycles. The molecular formula is C15H17NO2. The van der Waals surface area contributed by atoms with Gasteiger partial charge in [0.2, 0.25) is 0 Å². The standard InChI is InChI=1S/C15H17NO2/c1-11-6-12(2)8-15(7-11)14-4-5-16(9-14)13(3)18-10-17/h4-10,13H,1-3H3. The highest BCUT2D eigenvalue weighted by molar-refractivity contribution is 5.64. The van der Waals surface area contributed by atoms with Crippen LogP contribution in [-0.4, -0.2) is 11.0 Å². The van der Waals surface area contributed by atoms with E-state index >= 15 is 0 Å². The van der Waals surface area contributed by atoms with E-state index in [0.717, 1.165) is 5.56 Å². The van der Waals surface area contributed by atoms with Crippen molar-refractivity contribution < 1.29 is 9.53 Å². The van der Waals surface area contributed by atoms with Gasteiger partial charge in [-0.1, -0.05) is 29.3 Å². The predicted molar refractivity (Wildman–Crippen MR) is 71.2 cm³/mol. The van der Waals surface area contributed by atoms with Gasteiger partial charge in [0.05, 0.1) is 0 Å². The zero-order valence-electron chi connectivity index (χ0n) is 10.9. The molecule has 3 nitrogen and oxygen atoms in total. The second-order valence-electron chi connectivity index (χ2n) is 4.56. The number of nitrogens with zero attached hydrogens (tertiary/aromatic N) is 1. The van der Waals surface area contributed by atoms with E-state index in [1.807, 2.05) is 30.0 Å². The molecule has 2 aromatic rings. The number of aromatic nitrogens is 1. The van der Waals surface area contributed by atoms with Gasteiger partial charge in [0.1, 0.15) is 0 Å². The van der Waals surface area contributed by atoms with Crippen LogP contribution in [-0.2, 0) is 9.53 Å². The first-order chi connectivity index (χ1) is 8.60. The summed E-state index contributed by atoms with van der Waals surface area (Å²) in [5.74, 6) is 0. The molecule has 1 aromatic carbocycles. The zero-order valence-corrected chi connectivity index (χ0v) is 10.9. The Morgan fingerprint density at radius 1 is 1.17 bits per heavy atom. The van der Waals surface area contributed by atoms with Gasteiger partial charge in [0, 0.05) is 12.4 Å². The summed E-state index contributed by atoms with van der Waals surface area (Å²) in [5.41, 5.74) is 4.80. The third kappa shape index (κ3) is 2.62. The summed E-state index contributed by atoms with van der Waals surface area (Å²) in [5, 5.41) is 0. The van der Waals surface area contributed by atoms with Gasteiger partial charge in [-0.3, -0.25) is 4.79 Å². The molecule has 94 valence electrons. The smallest absolute Gasteiger partial charge is 0.295 e. The Bertz CT molecular complexity index is 537. The molecule has 0 radical (unpaired) electrons. The van der Waals surface area contributed by atoms with Gasteiger partial charge in [0.15, 0.2) is 6.23 Å². The Morgan fingerprint density at radius 3 is 2.44 bits per heavy atom. The number of aryl methyl sites for hydroxylation is 2. The maximum atomic E-state index is 10.3. The lowest BCUT2D eigenvalue weighted by molar-refractivity contribution is -0.136. The van der Waals surface area contributed by atoms with Crippen molar-refractivity contribution in [1.82, 2.24) is 4.57 Å². The lowest BCUT2D eigenvalue weighted by atomic mass is 10.0. The first-order valence-corrected chi connectivity index (χ1v) is 5.95. The normalized spacial score (nSPS) is 12.2.